The minimum atomic E-state index is 0.332. The van der Waals surface area contributed by atoms with Gasteiger partial charge in [-0.15, -0.1) is 0 Å². The second-order valence-electron chi connectivity index (χ2n) is 5.55. The number of nitrogens with zero attached hydrogens (tertiary/aromatic N) is 1. The molecule has 1 aliphatic carbocycles. The van der Waals surface area contributed by atoms with Gasteiger partial charge in [0, 0.05) is 16.4 Å². The number of benzene rings is 1. The molecule has 104 valence electrons. The summed E-state index contributed by atoms with van der Waals surface area (Å²) in [6.45, 7) is 4.31. The molecule has 1 heterocycles. The standard InChI is InChI=1S/C17H19BrN2/c1-11-9-14(18)10-12(2)16(11)20-15-7-3-5-13-6-4-8-19-17(13)15/h4,6,8-10,15,20H,3,5,7H2,1-2H3. The zero-order valence-electron chi connectivity index (χ0n) is 11.9. The van der Waals surface area contributed by atoms with Crippen molar-refractivity contribution < 1.29 is 0 Å². The Kier molecular flexibility index (Phi) is 3.79. The van der Waals surface area contributed by atoms with Crippen molar-refractivity contribution in [1.29, 1.82) is 0 Å². The first kappa shape index (κ1) is 13.6. The fraction of sp³-hybridized carbons (Fsp3) is 0.353. The molecular formula is C17H19BrN2. The Hall–Kier alpha value is -1.35. The predicted octanol–water partition coefficient (Wildman–Crippen LogP) is 4.95. The Morgan fingerprint density at radius 1 is 1.25 bits per heavy atom. The van der Waals surface area contributed by atoms with E-state index in [1.807, 2.05) is 12.3 Å². The summed E-state index contributed by atoms with van der Waals surface area (Å²) in [5.41, 5.74) is 6.42. The topological polar surface area (TPSA) is 24.9 Å². The molecule has 1 aliphatic rings. The van der Waals surface area contributed by atoms with E-state index in [1.165, 1.54) is 34.5 Å². The maximum Gasteiger partial charge on any atom is 0.0688 e. The number of aryl methyl sites for hydroxylation is 3. The van der Waals surface area contributed by atoms with E-state index in [1.54, 1.807) is 0 Å². The van der Waals surface area contributed by atoms with Crippen LogP contribution in [-0.4, -0.2) is 4.98 Å². The summed E-state index contributed by atoms with van der Waals surface area (Å²) in [6, 6.07) is 8.91. The molecule has 1 atom stereocenters. The van der Waals surface area contributed by atoms with Crippen molar-refractivity contribution in [3.05, 3.63) is 57.3 Å². The minimum absolute atomic E-state index is 0.332. The first-order chi connectivity index (χ1) is 9.65. The Morgan fingerprint density at radius 3 is 2.75 bits per heavy atom. The third-order valence-corrected chi connectivity index (χ3v) is 4.47. The van der Waals surface area contributed by atoms with E-state index in [0.717, 1.165) is 17.3 Å². The Balaban J connectivity index is 1.94. The maximum atomic E-state index is 4.60. The van der Waals surface area contributed by atoms with Crippen LogP contribution in [0.25, 0.3) is 0 Å². The molecule has 0 fully saturated rings. The number of halogens is 1. The van der Waals surface area contributed by atoms with Gasteiger partial charge in [0.2, 0.25) is 0 Å². The smallest absolute Gasteiger partial charge is 0.0688 e. The molecule has 3 rings (SSSR count). The maximum absolute atomic E-state index is 4.60. The number of hydrogen-bond donors (Lipinski definition) is 1. The van der Waals surface area contributed by atoms with Crippen LogP contribution in [0.1, 0.15) is 41.3 Å². The number of aromatic nitrogens is 1. The van der Waals surface area contributed by atoms with Crippen LogP contribution in [0, 0.1) is 13.8 Å². The SMILES string of the molecule is Cc1cc(Br)cc(C)c1NC1CCCc2cccnc21. The molecule has 0 spiro atoms. The lowest BCUT2D eigenvalue weighted by Gasteiger charge is -2.27. The molecule has 0 amide bonds. The Morgan fingerprint density at radius 2 is 2.00 bits per heavy atom. The lowest BCUT2D eigenvalue weighted by Crippen LogP contribution is -2.19. The highest BCUT2D eigenvalue weighted by Crippen LogP contribution is 2.34. The van der Waals surface area contributed by atoms with E-state index in [4.69, 9.17) is 0 Å². The van der Waals surface area contributed by atoms with Crippen molar-refractivity contribution in [3.8, 4) is 0 Å². The molecule has 3 heteroatoms. The van der Waals surface area contributed by atoms with Crippen molar-refractivity contribution in [2.75, 3.05) is 5.32 Å². The molecule has 0 saturated heterocycles. The van der Waals surface area contributed by atoms with Gasteiger partial charge in [-0.2, -0.15) is 0 Å². The van der Waals surface area contributed by atoms with E-state index in [-0.39, 0.29) is 0 Å². The van der Waals surface area contributed by atoms with Crippen molar-refractivity contribution in [2.24, 2.45) is 0 Å². The van der Waals surface area contributed by atoms with Gasteiger partial charge in [-0.25, -0.2) is 0 Å². The summed E-state index contributed by atoms with van der Waals surface area (Å²) < 4.78 is 1.14. The van der Waals surface area contributed by atoms with Crippen LogP contribution in [0.5, 0.6) is 0 Å². The number of rotatable bonds is 2. The van der Waals surface area contributed by atoms with Gasteiger partial charge >= 0.3 is 0 Å². The molecular weight excluding hydrogens is 312 g/mol. The monoisotopic (exact) mass is 330 g/mol. The molecule has 1 aromatic heterocycles. The highest BCUT2D eigenvalue weighted by atomic mass is 79.9. The molecule has 2 aromatic rings. The van der Waals surface area contributed by atoms with Crippen molar-refractivity contribution in [1.82, 2.24) is 4.98 Å². The van der Waals surface area contributed by atoms with E-state index < -0.39 is 0 Å². The minimum Gasteiger partial charge on any atom is -0.376 e. The summed E-state index contributed by atoms with van der Waals surface area (Å²) >= 11 is 3.56. The molecule has 1 aromatic carbocycles. The molecule has 1 N–H and O–H groups in total. The number of anilines is 1. The Bertz CT molecular complexity index is 614. The summed E-state index contributed by atoms with van der Waals surface area (Å²) in [7, 11) is 0. The number of fused-ring (bicyclic) bond motifs is 1. The van der Waals surface area contributed by atoms with Crippen LogP contribution in [0.15, 0.2) is 34.9 Å². The normalized spacial score (nSPS) is 17.6. The number of nitrogens with one attached hydrogen (secondary N) is 1. The highest BCUT2D eigenvalue weighted by molar-refractivity contribution is 9.10. The van der Waals surface area contributed by atoms with Gasteiger partial charge in [0.1, 0.15) is 0 Å². The van der Waals surface area contributed by atoms with Gasteiger partial charge in [0.15, 0.2) is 0 Å². The van der Waals surface area contributed by atoms with Gasteiger partial charge in [-0.3, -0.25) is 4.98 Å². The molecule has 0 radical (unpaired) electrons. The van der Waals surface area contributed by atoms with Crippen LogP contribution < -0.4 is 5.32 Å². The largest absolute Gasteiger partial charge is 0.376 e. The van der Waals surface area contributed by atoms with E-state index in [2.05, 4.69) is 58.3 Å². The number of hydrogen-bond acceptors (Lipinski definition) is 2. The lowest BCUT2D eigenvalue weighted by atomic mass is 9.91. The first-order valence-corrected chi connectivity index (χ1v) is 7.91. The van der Waals surface area contributed by atoms with Crippen molar-refractivity contribution in [2.45, 2.75) is 39.2 Å². The van der Waals surface area contributed by atoms with Crippen LogP contribution in [0.2, 0.25) is 0 Å². The fourth-order valence-corrected chi connectivity index (χ4v) is 3.75. The molecule has 2 nitrogen and oxygen atoms in total. The summed E-state index contributed by atoms with van der Waals surface area (Å²) in [4.78, 5) is 4.60. The summed E-state index contributed by atoms with van der Waals surface area (Å²) in [6.07, 6.45) is 5.43. The quantitative estimate of drug-likeness (QED) is 0.842. The zero-order chi connectivity index (χ0) is 14.1. The van der Waals surface area contributed by atoms with Crippen LogP contribution in [0.3, 0.4) is 0 Å². The predicted molar refractivity (Wildman–Crippen MR) is 87.2 cm³/mol. The van der Waals surface area contributed by atoms with Gasteiger partial charge in [-0.05, 0) is 68.0 Å². The van der Waals surface area contributed by atoms with Crippen LogP contribution >= 0.6 is 15.9 Å². The number of pyridine rings is 1. The molecule has 20 heavy (non-hydrogen) atoms. The molecule has 0 bridgehead atoms. The van der Waals surface area contributed by atoms with Gasteiger partial charge < -0.3 is 5.32 Å². The molecule has 1 unspecified atom stereocenters. The average molecular weight is 331 g/mol. The van der Waals surface area contributed by atoms with Crippen molar-refractivity contribution >= 4 is 21.6 Å². The first-order valence-electron chi connectivity index (χ1n) is 7.12. The van der Waals surface area contributed by atoms with Crippen molar-refractivity contribution in [3.63, 3.8) is 0 Å². The summed E-state index contributed by atoms with van der Waals surface area (Å²) in [5.74, 6) is 0. The fourth-order valence-electron chi connectivity index (χ4n) is 3.06. The Labute approximate surface area is 128 Å². The second kappa shape index (κ2) is 5.57. The molecule has 0 saturated carbocycles. The van der Waals surface area contributed by atoms with Gasteiger partial charge in [0.05, 0.1) is 11.7 Å². The van der Waals surface area contributed by atoms with Crippen LogP contribution in [0.4, 0.5) is 5.69 Å². The van der Waals surface area contributed by atoms with E-state index >= 15 is 0 Å². The second-order valence-corrected chi connectivity index (χ2v) is 6.47. The third-order valence-electron chi connectivity index (χ3n) is 4.01. The van der Waals surface area contributed by atoms with E-state index in [9.17, 15) is 0 Å². The van der Waals surface area contributed by atoms with Gasteiger partial charge in [0.25, 0.3) is 0 Å². The van der Waals surface area contributed by atoms with Crippen LogP contribution in [-0.2, 0) is 6.42 Å². The lowest BCUT2D eigenvalue weighted by molar-refractivity contribution is 0.583. The zero-order valence-corrected chi connectivity index (χ0v) is 13.5. The third kappa shape index (κ3) is 2.59. The highest BCUT2D eigenvalue weighted by Gasteiger charge is 2.22. The summed E-state index contributed by atoms with van der Waals surface area (Å²) in [5, 5.41) is 3.72. The van der Waals surface area contributed by atoms with Gasteiger partial charge in [-0.1, -0.05) is 22.0 Å². The average Bonchev–Trinajstić information content (AvgIpc) is 2.43. The van der Waals surface area contributed by atoms with E-state index in [0.29, 0.717) is 6.04 Å². The molecule has 0 aliphatic heterocycles.